The number of carbonyl (C=O) groups is 2. The summed E-state index contributed by atoms with van der Waals surface area (Å²) in [4.78, 5) is 23.9. The Hall–Kier alpha value is -2.83. The fourth-order valence-electron chi connectivity index (χ4n) is 3.98. The molecule has 0 radical (unpaired) electrons. The molecule has 3 aromatic rings. The van der Waals surface area contributed by atoms with Gasteiger partial charge in [-0.05, 0) is 39.9 Å². The molecule has 5 nitrogen and oxygen atoms in total. The van der Waals surface area contributed by atoms with Crippen LogP contribution in [0, 0.1) is 0 Å². The average Bonchev–Trinajstić information content (AvgIpc) is 3.05. The summed E-state index contributed by atoms with van der Waals surface area (Å²) in [6, 6.07) is 20.4. The molecule has 1 unspecified atom stereocenters. The third-order valence-corrected chi connectivity index (χ3v) is 6.17. The lowest BCUT2D eigenvalue weighted by molar-refractivity contribution is -0.137. The van der Waals surface area contributed by atoms with E-state index in [2.05, 4.69) is 33.4 Å². The van der Waals surface area contributed by atoms with Crippen molar-refractivity contribution < 1.29 is 19.4 Å². The number of aliphatic carboxylic acids is 1. The molecule has 0 bridgehead atoms. The number of nitrogens with one attached hydrogen (secondary N) is 1. The van der Waals surface area contributed by atoms with Crippen LogP contribution in [0.1, 0.15) is 35.1 Å². The van der Waals surface area contributed by atoms with Crippen molar-refractivity contribution in [2.24, 2.45) is 0 Å². The van der Waals surface area contributed by atoms with Crippen LogP contribution in [0.4, 0.5) is 4.79 Å². The van der Waals surface area contributed by atoms with E-state index >= 15 is 0 Å². The molecule has 0 aliphatic heterocycles. The molecule has 3 aromatic carbocycles. The number of hydrogen-bond acceptors (Lipinski definition) is 3. The first-order chi connectivity index (χ1) is 14.9. The SMILES string of the molecule is O=C(O)CC(NC(=O)OCC1c2ccccc2-c2ccccc21)c1ccc(Br)cc1Cl. The number of benzene rings is 3. The first-order valence-electron chi connectivity index (χ1n) is 9.72. The van der Waals surface area contributed by atoms with Crippen molar-refractivity contribution >= 4 is 39.6 Å². The van der Waals surface area contributed by atoms with Gasteiger partial charge in [0.05, 0.1) is 12.5 Å². The van der Waals surface area contributed by atoms with E-state index in [1.807, 2.05) is 36.4 Å². The molecule has 4 rings (SSSR count). The second-order valence-electron chi connectivity index (χ2n) is 7.29. The maximum atomic E-state index is 12.6. The molecule has 0 aromatic heterocycles. The molecule has 1 aliphatic carbocycles. The lowest BCUT2D eigenvalue weighted by Crippen LogP contribution is -2.31. The molecular formula is C24H19BrClNO4. The molecule has 1 atom stereocenters. The van der Waals surface area contributed by atoms with Gasteiger partial charge >= 0.3 is 12.1 Å². The fourth-order valence-corrected chi connectivity index (χ4v) is 4.78. The van der Waals surface area contributed by atoms with Crippen molar-refractivity contribution in [2.45, 2.75) is 18.4 Å². The van der Waals surface area contributed by atoms with Crippen LogP contribution in [0.25, 0.3) is 11.1 Å². The van der Waals surface area contributed by atoms with Gasteiger partial charge in [0.15, 0.2) is 0 Å². The van der Waals surface area contributed by atoms with Gasteiger partial charge < -0.3 is 15.2 Å². The van der Waals surface area contributed by atoms with E-state index in [-0.39, 0.29) is 18.9 Å². The van der Waals surface area contributed by atoms with Gasteiger partial charge in [-0.2, -0.15) is 0 Å². The normalized spacial score (nSPS) is 13.2. The maximum absolute atomic E-state index is 12.6. The number of fused-ring (bicyclic) bond motifs is 3. The van der Waals surface area contributed by atoms with Crippen LogP contribution in [-0.4, -0.2) is 23.8 Å². The van der Waals surface area contributed by atoms with Crippen LogP contribution >= 0.6 is 27.5 Å². The third kappa shape index (κ3) is 4.60. The highest BCUT2D eigenvalue weighted by Gasteiger charge is 2.29. The quantitative estimate of drug-likeness (QED) is 0.425. The van der Waals surface area contributed by atoms with Crippen LogP contribution in [0.2, 0.25) is 5.02 Å². The molecule has 1 amide bonds. The fraction of sp³-hybridized carbons (Fsp3) is 0.167. The van der Waals surface area contributed by atoms with Crippen LogP contribution in [0.5, 0.6) is 0 Å². The van der Waals surface area contributed by atoms with Gasteiger partial charge in [0.2, 0.25) is 0 Å². The summed E-state index contributed by atoms with van der Waals surface area (Å²) in [5.74, 6) is -1.13. The van der Waals surface area contributed by atoms with Gasteiger partial charge in [0, 0.05) is 15.4 Å². The predicted octanol–water partition coefficient (Wildman–Crippen LogP) is 6.16. The van der Waals surface area contributed by atoms with Crippen molar-refractivity contribution in [3.8, 4) is 11.1 Å². The Morgan fingerprint density at radius 2 is 1.65 bits per heavy atom. The minimum absolute atomic E-state index is 0.0765. The lowest BCUT2D eigenvalue weighted by atomic mass is 9.98. The smallest absolute Gasteiger partial charge is 0.407 e. The van der Waals surface area contributed by atoms with Gasteiger partial charge in [-0.15, -0.1) is 0 Å². The van der Waals surface area contributed by atoms with Crippen molar-refractivity contribution in [2.75, 3.05) is 6.61 Å². The molecule has 0 spiro atoms. The number of carboxylic acid groups (broad SMARTS) is 1. The summed E-state index contributed by atoms with van der Waals surface area (Å²) in [7, 11) is 0. The van der Waals surface area contributed by atoms with Gasteiger partial charge in [-0.3, -0.25) is 4.79 Å². The average molecular weight is 501 g/mol. The van der Waals surface area contributed by atoms with E-state index in [1.54, 1.807) is 18.2 Å². The number of ether oxygens (including phenoxy) is 1. The molecule has 1 aliphatic rings. The zero-order valence-corrected chi connectivity index (χ0v) is 18.7. The summed E-state index contributed by atoms with van der Waals surface area (Å²) in [6.45, 7) is 0.147. The van der Waals surface area contributed by atoms with Gasteiger partial charge in [0.1, 0.15) is 6.61 Å². The van der Waals surface area contributed by atoms with Crippen LogP contribution in [0.3, 0.4) is 0 Å². The van der Waals surface area contributed by atoms with Crippen LogP contribution in [0.15, 0.2) is 71.2 Å². The molecular weight excluding hydrogens is 482 g/mol. The second-order valence-corrected chi connectivity index (χ2v) is 8.61. The van der Waals surface area contributed by atoms with E-state index in [0.29, 0.717) is 10.6 Å². The molecule has 31 heavy (non-hydrogen) atoms. The maximum Gasteiger partial charge on any atom is 0.407 e. The molecule has 2 N–H and O–H groups in total. The van der Waals surface area contributed by atoms with Crippen LogP contribution < -0.4 is 5.32 Å². The Bertz CT molecular complexity index is 1100. The highest BCUT2D eigenvalue weighted by atomic mass is 79.9. The third-order valence-electron chi connectivity index (χ3n) is 5.35. The largest absolute Gasteiger partial charge is 0.481 e. The first-order valence-corrected chi connectivity index (χ1v) is 10.9. The Morgan fingerprint density at radius 1 is 1.03 bits per heavy atom. The Labute approximate surface area is 193 Å². The number of halogens is 2. The second kappa shape index (κ2) is 9.12. The topological polar surface area (TPSA) is 75.6 Å². The number of amides is 1. The van der Waals surface area contributed by atoms with E-state index in [0.717, 1.165) is 26.7 Å². The molecule has 0 saturated carbocycles. The predicted molar refractivity (Wildman–Crippen MR) is 122 cm³/mol. The Morgan fingerprint density at radius 3 is 2.23 bits per heavy atom. The number of carbonyl (C=O) groups excluding carboxylic acids is 1. The Kier molecular flexibility index (Phi) is 6.30. The Balaban J connectivity index is 1.50. The molecule has 0 fully saturated rings. The standard InChI is InChI=1S/C24H19BrClNO4/c25-14-9-10-19(21(26)11-14)22(12-23(28)29)27-24(30)31-13-20-17-7-3-1-5-15(17)16-6-2-4-8-18(16)20/h1-11,20,22H,12-13H2,(H,27,30)(H,28,29). The van der Waals surface area contributed by atoms with E-state index in [1.165, 1.54) is 0 Å². The summed E-state index contributed by atoms with van der Waals surface area (Å²) in [6.07, 6.45) is -1.00. The van der Waals surface area contributed by atoms with Crippen molar-refractivity contribution in [1.29, 1.82) is 0 Å². The van der Waals surface area contributed by atoms with Crippen molar-refractivity contribution in [1.82, 2.24) is 5.32 Å². The van der Waals surface area contributed by atoms with Gasteiger partial charge in [0.25, 0.3) is 0 Å². The zero-order chi connectivity index (χ0) is 22.0. The van der Waals surface area contributed by atoms with E-state index in [9.17, 15) is 14.7 Å². The highest BCUT2D eigenvalue weighted by Crippen LogP contribution is 2.44. The summed E-state index contributed by atoms with van der Waals surface area (Å²) >= 11 is 9.59. The lowest BCUT2D eigenvalue weighted by Gasteiger charge is -2.20. The highest BCUT2D eigenvalue weighted by molar-refractivity contribution is 9.10. The number of alkyl carbamates (subject to hydrolysis) is 1. The first kappa shape index (κ1) is 21.4. The summed E-state index contributed by atoms with van der Waals surface area (Å²) in [5, 5.41) is 12.3. The molecule has 7 heteroatoms. The zero-order valence-electron chi connectivity index (χ0n) is 16.3. The van der Waals surface area contributed by atoms with E-state index < -0.39 is 18.1 Å². The monoisotopic (exact) mass is 499 g/mol. The number of carboxylic acids is 1. The number of hydrogen-bond donors (Lipinski definition) is 2. The minimum atomic E-state index is -1.05. The molecule has 158 valence electrons. The minimum Gasteiger partial charge on any atom is -0.481 e. The van der Waals surface area contributed by atoms with Gasteiger partial charge in [-0.1, -0.05) is 82.1 Å². The summed E-state index contributed by atoms with van der Waals surface area (Å²) in [5.41, 5.74) is 5.00. The van der Waals surface area contributed by atoms with Crippen molar-refractivity contribution in [3.05, 3.63) is 92.9 Å². The van der Waals surface area contributed by atoms with Crippen molar-refractivity contribution in [3.63, 3.8) is 0 Å². The molecule has 0 heterocycles. The number of rotatable bonds is 6. The summed E-state index contributed by atoms with van der Waals surface area (Å²) < 4.78 is 6.30. The molecule has 0 saturated heterocycles. The van der Waals surface area contributed by atoms with Gasteiger partial charge in [-0.25, -0.2) is 4.79 Å². The van der Waals surface area contributed by atoms with Crippen LogP contribution in [-0.2, 0) is 9.53 Å². The van der Waals surface area contributed by atoms with E-state index in [4.69, 9.17) is 16.3 Å².